The van der Waals surface area contributed by atoms with E-state index in [4.69, 9.17) is 0 Å². The molecule has 1 aromatic heterocycles. The fraction of sp³-hybridized carbons (Fsp3) is 0.625. The number of aliphatic hydroxyl groups is 1. The Balaban J connectivity index is 1.92. The molecule has 5 heteroatoms. The number of aromatic nitrogens is 1. The number of hydrogen-bond acceptors (Lipinski definition) is 5. The highest BCUT2D eigenvalue weighted by molar-refractivity contribution is 5.94. The number of pyridine rings is 1. The van der Waals surface area contributed by atoms with E-state index in [0.717, 1.165) is 31.9 Å². The summed E-state index contributed by atoms with van der Waals surface area (Å²) in [6.45, 7) is 9.92. The van der Waals surface area contributed by atoms with Crippen LogP contribution in [0.3, 0.4) is 0 Å². The Morgan fingerprint density at radius 2 is 1.95 bits per heavy atom. The minimum Gasteiger partial charge on any atom is -0.389 e. The number of carbonyl (C=O) groups is 1. The molecule has 0 aromatic carbocycles. The maximum atomic E-state index is 11.6. The van der Waals surface area contributed by atoms with Gasteiger partial charge in [0.25, 0.3) is 0 Å². The van der Waals surface area contributed by atoms with E-state index in [-0.39, 0.29) is 5.78 Å². The zero-order chi connectivity index (χ0) is 15.5. The van der Waals surface area contributed by atoms with Gasteiger partial charge in [-0.3, -0.25) is 14.7 Å². The van der Waals surface area contributed by atoms with Crippen molar-refractivity contribution in [1.29, 1.82) is 0 Å². The highest BCUT2D eigenvalue weighted by Gasteiger charge is 2.23. The largest absolute Gasteiger partial charge is 0.389 e. The van der Waals surface area contributed by atoms with Crippen LogP contribution in [0.5, 0.6) is 0 Å². The summed E-state index contributed by atoms with van der Waals surface area (Å²) in [5, 5.41) is 9.86. The predicted molar refractivity (Wildman–Crippen MR) is 83.8 cm³/mol. The molecule has 0 atom stereocenters. The summed E-state index contributed by atoms with van der Waals surface area (Å²) >= 11 is 0. The van der Waals surface area contributed by atoms with E-state index in [1.807, 2.05) is 32.9 Å². The van der Waals surface area contributed by atoms with E-state index >= 15 is 0 Å². The first-order chi connectivity index (χ1) is 9.89. The summed E-state index contributed by atoms with van der Waals surface area (Å²) in [4.78, 5) is 20.4. The molecule has 1 saturated heterocycles. The van der Waals surface area contributed by atoms with Crippen molar-refractivity contribution in [2.75, 3.05) is 37.6 Å². The maximum absolute atomic E-state index is 11.6. The molecule has 0 saturated carbocycles. The third kappa shape index (κ3) is 4.51. The van der Waals surface area contributed by atoms with Gasteiger partial charge in [0.05, 0.1) is 17.5 Å². The second-order valence-electron chi connectivity index (χ2n) is 6.25. The zero-order valence-corrected chi connectivity index (χ0v) is 13.2. The van der Waals surface area contributed by atoms with Gasteiger partial charge in [-0.1, -0.05) is 6.92 Å². The Bertz CT molecular complexity index is 471. The number of rotatable bonds is 5. The highest BCUT2D eigenvalue weighted by Crippen LogP contribution is 2.17. The van der Waals surface area contributed by atoms with E-state index in [9.17, 15) is 9.90 Å². The van der Waals surface area contributed by atoms with Gasteiger partial charge >= 0.3 is 0 Å². The molecule has 2 heterocycles. The van der Waals surface area contributed by atoms with Crippen molar-refractivity contribution in [2.45, 2.75) is 32.8 Å². The lowest BCUT2D eigenvalue weighted by Crippen LogP contribution is -2.50. The minimum absolute atomic E-state index is 0.0801. The van der Waals surface area contributed by atoms with Gasteiger partial charge in [0.2, 0.25) is 0 Å². The molecule has 1 N–H and O–H groups in total. The lowest BCUT2D eigenvalue weighted by Gasteiger charge is -2.38. The van der Waals surface area contributed by atoms with Gasteiger partial charge in [-0.05, 0) is 26.0 Å². The SMILES string of the molecule is CCC(=O)c1ccc(N2CCN(CC(C)(C)O)CC2)cn1. The number of carbonyl (C=O) groups excluding carboxylic acids is 1. The van der Waals surface area contributed by atoms with Crippen LogP contribution in [0.2, 0.25) is 0 Å². The molecule has 1 aliphatic heterocycles. The van der Waals surface area contributed by atoms with Crippen LogP contribution in [0, 0.1) is 0 Å². The first kappa shape index (κ1) is 15.9. The number of β-amino-alcohol motifs (C(OH)–C–C–N with tert-alkyl or cyclic N) is 1. The Morgan fingerprint density at radius 3 is 2.43 bits per heavy atom. The Labute approximate surface area is 126 Å². The van der Waals surface area contributed by atoms with Crippen LogP contribution >= 0.6 is 0 Å². The van der Waals surface area contributed by atoms with Gasteiger partial charge in [0, 0.05) is 39.1 Å². The Morgan fingerprint density at radius 1 is 1.29 bits per heavy atom. The monoisotopic (exact) mass is 291 g/mol. The molecule has 5 nitrogen and oxygen atoms in total. The van der Waals surface area contributed by atoms with Gasteiger partial charge in [-0.15, -0.1) is 0 Å². The van der Waals surface area contributed by atoms with E-state index in [0.29, 0.717) is 18.7 Å². The van der Waals surface area contributed by atoms with E-state index < -0.39 is 5.60 Å². The first-order valence-electron chi connectivity index (χ1n) is 7.58. The molecule has 0 bridgehead atoms. The molecule has 0 unspecified atom stereocenters. The summed E-state index contributed by atoms with van der Waals surface area (Å²) in [6, 6.07) is 3.78. The molecule has 0 radical (unpaired) electrons. The summed E-state index contributed by atoms with van der Waals surface area (Å²) in [5.41, 5.74) is 0.957. The number of piperazine rings is 1. The standard InChI is InChI=1S/C16H25N3O2/c1-4-15(20)14-6-5-13(11-17-14)19-9-7-18(8-10-19)12-16(2,3)21/h5-6,11,21H,4,7-10,12H2,1-3H3. The van der Waals surface area contributed by atoms with Crippen LogP contribution < -0.4 is 4.90 Å². The van der Waals surface area contributed by atoms with Crippen LogP contribution in [0.15, 0.2) is 18.3 Å². The molecular weight excluding hydrogens is 266 g/mol. The molecule has 1 aromatic rings. The van der Waals surface area contributed by atoms with Crippen LogP contribution in [-0.4, -0.2) is 59.1 Å². The van der Waals surface area contributed by atoms with E-state index in [1.54, 1.807) is 6.20 Å². The van der Waals surface area contributed by atoms with Crippen LogP contribution in [0.25, 0.3) is 0 Å². The molecule has 0 spiro atoms. The van der Waals surface area contributed by atoms with Crippen molar-refractivity contribution in [3.8, 4) is 0 Å². The van der Waals surface area contributed by atoms with Crippen molar-refractivity contribution in [1.82, 2.24) is 9.88 Å². The fourth-order valence-electron chi connectivity index (χ4n) is 2.63. The third-order valence-corrected chi connectivity index (χ3v) is 3.70. The van der Waals surface area contributed by atoms with Crippen molar-refractivity contribution >= 4 is 11.5 Å². The molecule has 0 amide bonds. The van der Waals surface area contributed by atoms with Crippen molar-refractivity contribution in [3.63, 3.8) is 0 Å². The summed E-state index contributed by atoms with van der Waals surface area (Å²) < 4.78 is 0. The Kier molecular flexibility index (Phi) is 4.96. The second kappa shape index (κ2) is 6.54. The average molecular weight is 291 g/mol. The minimum atomic E-state index is -0.647. The van der Waals surface area contributed by atoms with Gasteiger partial charge in [-0.25, -0.2) is 0 Å². The molecule has 0 aliphatic carbocycles. The van der Waals surface area contributed by atoms with E-state index in [1.165, 1.54) is 0 Å². The van der Waals surface area contributed by atoms with Crippen molar-refractivity contribution < 1.29 is 9.90 Å². The smallest absolute Gasteiger partial charge is 0.180 e. The number of Topliss-reactive ketones (excluding diaryl/α,β-unsaturated/α-hetero) is 1. The number of hydrogen-bond donors (Lipinski definition) is 1. The Hall–Kier alpha value is -1.46. The lowest BCUT2D eigenvalue weighted by molar-refractivity contribution is 0.0345. The topological polar surface area (TPSA) is 56.7 Å². The lowest BCUT2D eigenvalue weighted by atomic mass is 10.1. The summed E-state index contributed by atoms with van der Waals surface area (Å²) in [5.74, 6) is 0.0801. The van der Waals surface area contributed by atoms with Gasteiger partial charge in [0.15, 0.2) is 5.78 Å². The molecule has 1 fully saturated rings. The van der Waals surface area contributed by atoms with Crippen LogP contribution in [0.4, 0.5) is 5.69 Å². The normalized spacial score (nSPS) is 17.0. The van der Waals surface area contributed by atoms with Gasteiger partial charge in [-0.2, -0.15) is 0 Å². The van der Waals surface area contributed by atoms with Crippen LogP contribution in [-0.2, 0) is 0 Å². The average Bonchev–Trinajstić information content (AvgIpc) is 2.46. The van der Waals surface area contributed by atoms with E-state index in [2.05, 4.69) is 14.8 Å². The predicted octanol–water partition coefficient (Wildman–Crippen LogP) is 1.57. The maximum Gasteiger partial charge on any atom is 0.180 e. The molecule has 2 rings (SSSR count). The number of anilines is 1. The molecular formula is C16H25N3O2. The summed E-state index contributed by atoms with van der Waals surface area (Å²) in [7, 11) is 0. The second-order valence-corrected chi connectivity index (χ2v) is 6.25. The molecule has 21 heavy (non-hydrogen) atoms. The third-order valence-electron chi connectivity index (χ3n) is 3.70. The van der Waals surface area contributed by atoms with Crippen molar-refractivity contribution in [3.05, 3.63) is 24.0 Å². The first-order valence-corrected chi connectivity index (χ1v) is 7.58. The van der Waals surface area contributed by atoms with Crippen LogP contribution in [0.1, 0.15) is 37.7 Å². The molecule has 116 valence electrons. The van der Waals surface area contributed by atoms with Crippen molar-refractivity contribution in [2.24, 2.45) is 0 Å². The fourth-order valence-corrected chi connectivity index (χ4v) is 2.63. The number of nitrogens with zero attached hydrogens (tertiary/aromatic N) is 3. The highest BCUT2D eigenvalue weighted by atomic mass is 16.3. The van der Waals surface area contributed by atoms with Gasteiger partial charge in [0.1, 0.15) is 5.69 Å². The quantitative estimate of drug-likeness (QED) is 0.835. The number of ketones is 1. The van der Waals surface area contributed by atoms with Gasteiger partial charge < -0.3 is 10.0 Å². The summed E-state index contributed by atoms with van der Waals surface area (Å²) in [6.07, 6.45) is 2.27. The zero-order valence-electron chi connectivity index (χ0n) is 13.2. The molecule has 1 aliphatic rings.